The lowest BCUT2D eigenvalue weighted by molar-refractivity contribution is 0.775. The average Bonchev–Trinajstić information content (AvgIpc) is 2.25. The number of hydrogen-bond donors (Lipinski definition) is 2. The highest BCUT2D eigenvalue weighted by Crippen LogP contribution is 2.04. The highest BCUT2D eigenvalue weighted by molar-refractivity contribution is 5.75. The molecule has 1 heterocycles. The zero-order valence-electron chi connectivity index (χ0n) is 9.20. The van der Waals surface area contributed by atoms with Gasteiger partial charge in [0.1, 0.15) is 0 Å². The molecule has 3 heteroatoms. The van der Waals surface area contributed by atoms with Crippen LogP contribution in [0.1, 0.15) is 19.4 Å². The van der Waals surface area contributed by atoms with Crippen molar-refractivity contribution in [3.05, 3.63) is 41.9 Å². The van der Waals surface area contributed by atoms with Gasteiger partial charge in [0.15, 0.2) is 0 Å². The maximum absolute atomic E-state index is 7.23. The Kier molecular flexibility index (Phi) is 4.54. The Labute approximate surface area is 90.8 Å². The minimum Gasteiger partial charge on any atom is -0.386 e. The third-order valence-corrected chi connectivity index (χ3v) is 2.13. The van der Waals surface area contributed by atoms with Gasteiger partial charge in [-0.3, -0.25) is 4.98 Å². The predicted molar refractivity (Wildman–Crippen MR) is 62.8 cm³/mol. The number of rotatable bonds is 5. The number of hydrogen-bond acceptors (Lipinski definition) is 3. The standard InChI is InChI=1S/C12H17N3/c1-10(2)12(6-13)9-15-8-11-4-3-5-14-7-11/h3-7,9-10,13,15H,8H2,1-2H3/b12-9+,13-6?. The molecule has 3 nitrogen and oxygen atoms in total. The summed E-state index contributed by atoms with van der Waals surface area (Å²) >= 11 is 0. The van der Waals surface area contributed by atoms with Gasteiger partial charge in [-0.2, -0.15) is 0 Å². The molecule has 80 valence electrons. The zero-order chi connectivity index (χ0) is 11.1. The zero-order valence-corrected chi connectivity index (χ0v) is 9.20. The molecule has 1 aromatic rings. The van der Waals surface area contributed by atoms with Crippen LogP contribution >= 0.6 is 0 Å². The van der Waals surface area contributed by atoms with Crippen LogP contribution < -0.4 is 5.32 Å². The first-order valence-electron chi connectivity index (χ1n) is 5.07. The molecule has 0 aliphatic rings. The minimum atomic E-state index is 0.379. The van der Waals surface area contributed by atoms with Gasteiger partial charge < -0.3 is 10.7 Å². The molecule has 0 radical (unpaired) electrons. The molecule has 0 spiro atoms. The van der Waals surface area contributed by atoms with E-state index < -0.39 is 0 Å². The van der Waals surface area contributed by atoms with Crippen molar-refractivity contribution >= 4 is 6.21 Å². The van der Waals surface area contributed by atoms with E-state index >= 15 is 0 Å². The molecule has 0 atom stereocenters. The molecule has 0 aliphatic carbocycles. The Morgan fingerprint density at radius 2 is 2.40 bits per heavy atom. The van der Waals surface area contributed by atoms with Gasteiger partial charge in [-0.25, -0.2) is 0 Å². The van der Waals surface area contributed by atoms with Gasteiger partial charge in [-0.1, -0.05) is 19.9 Å². The molecule has 0 unspecified atom stereocenters. The van der Waals surface area contributed by atoms with E-state index in [0.717, 1.165) is 17.7 Å². The number of allylic oxidation sites excluding steroid dienone is 1. The van der Waals surface area contributed by atoms with Gasteiger partial charge in [0.25, 0.3) is 0 Å². The first-order chi connectivity index (χ1) is 7.24. The maximum atomic E-state index is 7.23. The summed E-state index contributed by atoms with van der Waals surface area (Å²) in [5.41, 5.74) is 2.14. The van der Waals surface area contributed by atoms with Crippen LogP contribution in [0.2, 0.25) is 0 Å². The van der Waals surface area contributed by atoms with Crippen LogP contribution in [-0.2, 0) is 6.54 Å². The molecule has 0 aliphatic heterocycles. The molecule has 2 N–H and O–H groups in total. The molecule has 0 saturated heterocycles. The van der Waals surface area contributed by atoms with Crippen LogP contribution in [0.4, 0.5) is 0 Å². The Bertz CT molecular complexity index is 328. The first-order valence-corrected chi connectivity index (χ1v) is 5.07. The molecular weight excluding hydrogens is 186 g/mol. The number of pyridine rings is 1. The van der Waals surface area contributed by atoms with Crippen molar-refractivity contribution in [2.45, 2.75) is 20.4 Å². The number of aromatic nitrogens is 1. The Morgan fingerprint density at radius 3 is 2.93 bits per heavy atom. The van der Waals surface area contributed by atoms with Gasteiger partial charge in [0.05, 0.1) is 0 Å². The number of nitrogens with zero attached hydrogens (tertiary/aromatic N) is 1. The summed E-state index contributed by atoms with van der Waals surface area (Å²) in [6, 6.07) is 3.94. The van der Waals surface area contributed by atoms with E-state index in [4.69, 9.17) is 5.41 Å². The van der Waals surface area contributed by atoms with Crippen LogP contribution in [0.5, 0.6) is 0 Å². The molecule has 1 aromatic heterocycles. The van der Waals surface area contributed by atoms with Gasteiger partial charge in [-0.05, 0) is 23.1 Å². The summed E-state index contributed by atoms with van der Waals surface area (Å²) in [6.07, 6.45) is 6.88. The van der Waals surface area contributed by atoms with Gasteiger partial charge >= 0.3 is 0 Å². The summed E-state index contributed by atoms with van der Waals surface area (Å²) in [6.45, 7) is 4.89. The van der Waals surface area contributed by atoms with Crippen molar-refractivity contribution in [3.63, 3.8) is 0 Å². The summed E-state index contributed by atoms with van der Waals surface area (Å²) in [7, 11) is 0. The van der Waals surface area contributed by atoms with Gasteiger partial charge in [0, 0.05) is 31.4 Å². The van der Waals surface area contributed by atoms with E-state index in [1.807, 2.05) is 24.5 Å². The third-order valence-electron chi connectivity index (χ3n) is 2.13. The van der Waals surface area contributed by atoms with E-state index in [1.165, 1.54) is 6.21 Å². The van der Waals surface area contributed by atoms with Crippen molar-refractivity contribution < 1.29 is 0 Å². The second-order valence-electron chi connectivity index (χ2n) is 3.69. The van der Waals surface area contributed by atoms with Crippen molar-refractivity contribution in [3.8, 4) is 0 Å². The SMILES string of the molecule is CC(C)/C(C=N)=C/NCc1cccnc1. The topological polar surface area (TPSA) is 48.8 Å². The van der Waals surface area contributed by atoms with E-state index in [0.29, 0.717) is 5.92 Å². The highest BCUT2D eigenvalue weighted by Gasteiger charge is 1.98. The van der Waals surface area contributed by atoms with Crippen LogP contribution in [0.3, 0.4) is 0 Å². The Balaban J connectivity index is 2.48. The lowest BCUT2D eigenvalue weighted by atomic mass is 10.1. The fourth-order valence-electron chi connectivity index (χ4n) is 1.16. The maximum Gasteiger partial charge on any atom is 0.0410 e. The Hall–Kier alpha value is -1.64. The molecule has 0 bridgehead atoms. The average molecular weight is 203 g/mol. The quantitative estimate of drug-likeness (QED) is 0.722. The first kappa shape index (κ1) is 11.4. The monoisotopic (exact) mass is 203 g/mol. The summed E-state index contributed by atoms with van der Waals surface area (Å²) < 4.78 is 0. The van der Waals surface area contributed by atoms with E-state index in [9.17, 15) is 0 Å². The van der Waals surface area contributed by atoms with E-state index in [2.05, 4.69) is 24.1 Å². The summed E-state index contributed by atoms with van der Waals surface area (Å²) in [4.78, 5) is 4.03. The van der Waals surface area contributed by atoms with Crippen molar-refractivity contribution in [2.75, 3.05) is 0 Å². The van der Waals surface area contributed by atoms with E-state index in [-0.39, 0.29) is 0 Å². The van der Waals surface area contributed by atoms with Crippen molar-refractivity contribution in [1.29, 1.82) is 5.41 Å². The fraction of sp³-hybridized carbons (Fsp3) is 0.333. The largest absolute Gasteiger partial charge is 0.386 e. The van der Waals surface area contributed by atoms with Crippen LogP contribution in [0, 0.1) is 11.3 Å². The molecule has 0 aromatic carbocycles. The van der Waals surface area contributed by atoms with Crippen LogP contribution in [0.25, 0.3) is 0 Å². The molecule has 0 fully saturated rings. The second-order valence-corrected chi connectivity index (χ2v) is 3.69. The Morgan fingerprint density at radius 1 is 1.60 bits per heavy atom. The number of nitrogens with one attached hydrogen (secondary N) is 2. The lowest BCUT2D eigenvalue weighted by Crippen LogP contribution is -2.08. The molecule has 15 heavy (non-hydrogen) atoms. The fourth-order valence-corrected chi connectivity index (χ4v) is 1.16. The van der Waals surface area contributed by atoms with Crippen LogP contribution in [0.15, 0.2) is 36.3 Å². The van der Waals surface area contributed by atoms with Crippen molar-refractivity contribution in [2.24, 2.45) is 5.92 Å². The molecule has 0 amide bonds. The molecule has 0 saturated carbocycles. The molecular formula is C12H17N3. The second kappa shape index (κ2) is 5.96. The third kappa shape index (κ3) is 3.94. The highest BCUT2D eigenvalue weighted by atomic mass is 14.8. The molecule has 1 rings (SSSR count). The summed E-state index contributed by atoms with van der Waals surface area (Å²) in [5.74, 6) is 0.379. The van der Waals surface area contributed by atoms with Gasteiger partial charge in [0.2, 0.25) is 0 Å². The van der Waals surface area contributed by atoms with Crippen LogP contribution in [-0.4, -0.2) is 11.2 Å². The normalized spacial score (nSPS) is 11.5. The van der Waals surface area contributed by atoms with E-state index in [1.54, 1.807) is 6.20 Å². The van der Waals surface area contributed by atoms with Gasteiger partial charge in [-0.15, -0.1) is 0 Å². The smallest absolute Gasteiger partial charge is 0.0410 e. The minimum absolute atomic E-state index is 0.379. The summed E-state index contributed by atoms with van der Waals surface area (Å²) in [5, 5.41) is 10.4. The van der Waals surface area contributed by atoms with Crippen molar-refractivity contribution in [1.82, 2.24) is 10.3 Å². The lowest BCUT2D eigenvalue weighted by Gasteiger charge is -2.06. The predicted octanol–water partition coefficient (Wildman–Crippen LogP) is 2.36.